The van der Waals surface area contributed by atoms with Crippen molar-refractivity contribution in [2.24, 2.45) is 0 Å². The van der Waals surface area contributed by atoms with Crippen molar-refractivity contribution >= 4 is 28.2 Å². The number of amides is 1. The van der Waals surface area contributed by atoms with E-state index in [0.717, 1.165) is 34.5 Å². The molecule has 0 aliphatic carbocycles. The van der Waals surface area contributed by atoms with Crippen molar-refractivity contribution in [3.05, 3.63) is 65.9 Å². The van der Waals surface area contributed by atoms with E-state index < -0.39 is 0 Å². The number of likely N-dealkylation sites (N-methyl/N-ethyl adjacent to an activating group) is 1. The van der Waals surface area contributed by atoms with Crippen LogP contribution in [0.4, 0.5) is 11.4 Å². The third kappa shape index (κ3) is 4.14. The van der Waals surface area contributed by atoms with Gasteiger partial charge in [0.2, 0.25) is 0 Å². The number of nitrogens with one attached hydrogen (secondary N) is 3. The Bertz CT molecular complexity index is 892. The van der Waals surface area contributed by atoms with E-state index in [-0.39, 0.29) is 5.91 Å². The summed E-state index contributed by atoms with van der Waals surface area (Å²) in [4.78, 5) is 16.8. The summed E-state index contributed by atoms with van der Waals surface area (Å²) in [7, 11) is 1.86. The maximum absolute atomic E-state index is 12.2. The van der Waals surface area contributed by atoms with Crippen LogP contribution in [0.25, 0.3) is 10.9 Å². The van der Waals surface area contributed by atoms with Gasteiger partial charge in [0.05, 0.1) is 5.52 Å². The molecule has 0 atom stereocenters. The van der Waals surface area contributed by atoms with Crippen molar-refractivity contribution in [2.45, 2.75) is 6.92 Å². The van der Waals surface area contributed by atoms with Gasteiger partial charge in [-0.25, -0.2) is 0 Å². The van der Waals surface area contributed by atoms with Gasteiger partial charge in [-0.15, -0.1) is 0 Å². The highest BCUT2D eigenvalue weighted by Crippen LogP contribution is 2.26. The first-order valence-electron chi connectivity index (χ1n) is 8.33. The molecule has 3 rings (SSSR count). The standard InChI is InChI=1S/C20H22N4O/c1-14-12-19(17-8-3-4-9-18(17)23-14)24-16-7-5-6-15(13-16)20(25)22-11-10-21-2/h3-9,12-13,21H,10-11H2,1-2H3,(H,22,25)(H,23,24). The highest BCUT2D eigenvalue weighted by atomic mass is 16.1. The largest absolute Gasteiger partial charge is 0.355 e. The molecule has 5 nitrogen and oxygen atoms in total. The number of aryl methyl sites for hydroxylation is 1. The molecular weight excluding hydrogens is 312 g/mol. The lowest BCUT2D eigenvalue weighted by molar-refractivity contribution is 0.0954. The lowest BCUT2D eigenvalue weighted by Gasteiger charge is -2.12. The average molecular weight is 334 g/mol. The Hall–Kier alpha value is -2.92. The molecule has 0 saturated carbocycles. The van der Waals surface area contributed by atoms with Crippen molar-refractivity contribution in [3.63, 3.8) is 0 Å². The molecule has 1 aromatic heterocycles. The Kier molecular flexibility index (Phi) is 5.26. The van der Waals surface area contributed by atoms with Crippen LogP contribution in [0.15, 0.2) is 54.6 Å². The monoisotopic (exact) mass is 334 g/mol. The number of aromatic nitrogens is 1. The van der Waals surface area contributed by atoms with Crippen molar-refractivity contribution < 1.29 is 4.79 Å². The first kappa shape index (κ1) is 16.9. The number of benzene rings is 2. The molecule has 1 heterocycles. The topological polar surface area (TPSA) is 66.0 Å². The van der Waals surface area contributed by atoms with Gasteiger partial charge < -0.3 is 16.0 Å². The van der Waals surface area contributed by atoms with Gasteiger partial charge >= 0.3 is 0 Å². The van der Waals surface area contributed by atoms with Crippen LogP contribution in [0.3, 0.4) is 0 Å². The first-order valence-corrected chi connectivity index (χ1v) is 8.33. The van der Waals surface area contributed by atoms with Crippen LogP contribution in [-0.2, 0) is 0 Å². The van der Waals surface area contributed by atoms with E-state index >= 15 is 0 Å². The summed E-state index contributed by atoms with van der Waals surface area (Å²) < 4.78 is 0. The number of anilines is 2. The molecule has 25 heavy (non-hydrogen) atoms. The lowest BCUT2D eigenvalue weighted by atomic mass is 10.1. The fraction of sp³-hybridized carbons (Fsp3) is 0.200. The second kappa shape index (κ2) is 7.77. The van der Waals surface area contributed by atoms with Crippen molar-refractivity contribution in [3.8, 4) is 0 Å². The Labute approximate surface area is 147 Å². The van der Waals surface area contributed by atoms with Gasteiger partial charge in [0, 0.05) is 41.1 Å². The van der Waals surface area contributed by atoms with E-state index in [4.69, 9.17) is 0 Å². The Morgan fingerprint density at radius 2 is 1.88 bits per heavy atom. The minimum absolute atomic E-state index is 0.0744. The minimum atomic E-state index is -0.0744. The summed E-state index contributed by atoms with van der Waals surface area (Å²) in [6, 6.07) is 17.5. The second-order valence-corrected chi connectivity index (χ2v) is 5.89. The van der Waals surface area contributed by atoms with Gasteiger partial charge in [0.25, 0.3) is 5.91 Å². The second-order valence-electron chi connectivity index (χ2n) is 5.89. The van der Waals surface area contributed by atoms with E-state index in [1.54, 1.807) is 0 Å². The van der Waals surface area contributed by atoms with Gasteiger partial charge in [-0.3, -0.25) is 9.78 Å². The predicted octanol–water partition coefficient (Wildman–Crippen LogP) is 3.24. The molecular formula is C20H22N4O. The third-order valence-electron chi connectivity index (χ3n) is 3.91. The fourth-order valence-corrected chi connectivity index (χ4v) is 2.71. The van der Waals surface area contributed by atoms with Crippen LogP contribution >= 0.6 is 0 Å². The molecule has 0 spiro atoms. The SMILES string of the molecule is CNCCNC(=O)c1cccc(Nc2cc(C)nc3ccccc23)c1. The predicted molar refractivity (Wildman–Crippen MR) is 102 cm³/mol. The molecule has 0 bridgehead atoms. The molecule has 5 heteroatoms. The number of hydrogen-bond donors (Lipinski definition) is 3. The summed E-state index contributed by atoms with van der Waals surface area (Å²) >= 11 is 0. The molecule has 128 valence electrons. The van der Waals surface area contributed by atoms with Crippen molar-refractivity contribution in [1.82, 2.24) is 15.6 Å². The van der Waals surface area contributed by atoms with Crippen LogP contribution in [-0.4, -0.2) is 31.0 Å². The summed E-state index contributed by atoms with van der Waals surface area (Å²) in [5.41, 5.74) is 4.39. The minimum Gasteiger partial charge on any atom is -0.355 e. The summed E-state index contributed by atoms with van der Waals surface area (Å²) in [5, 5.41) is 10.4. The van der Waals surface area contributed by atoms with Gasteiger partial charge in [-0.05, 0) is 44.3 Å². The highest BCUT2D eigenvalue weighted by Gasteiger charge is 2.08. The van der Waals surface area contributed by atoms with E-state index in [1.807, 2.05) is 68.6 Å². The quantitative estimate of drug-likeness (QED) is 0.606. The first-order chi connectivity index (χ1) is 12.2. The molecule has 1 amide bonds. The van der Waals surface area contributed by atoms with Gasteiger partial charge in [-0.2, -0.15) is 0 Å². The third-order valence-corrected chi connectivity index (χ3v) is 3.91. The fourth-order valence-electron chi connectivity index (χ4n) is 2.71. The molecule has 3 N–H and O–H groups in total. The van der Waals surface area contributed by atoms with Gasteiger partial charge in [0.15, 0.2) is 0 Å². The van der Waals surface area contributed by atoms with Crippen LogP contribution in [0.5, 0.6) is 0 Å². The zero-order chi connectivity index (χ0) is 17.6. The number of pyridine rings is 1. The number of carbonyl (C=O) groups excluding carboxylic acids is 1. The maximum atomic E-state index is 12.2. The van der Waals surface area contributed by atoms with E-state index in [1.165, 1.54) is 0 Å². The number of hydrogen-bond acceptors (Lipinski definition) is 4. The molecule has 0 fully saturated rings. The van der Waals surface area contributed by atoms with Crippen LogP contribution in [0, 0.1) is 6.92 Å². The summed E-state index contributed by atoms with van der Waals surface area (Å²) in [5.74, 6) is -0.0744. The molecule has 0 radical (unpaired) electrons. The highest BCUT2D eigenvalue weighted by molar-refractivity contribution is 5.96. The Morgan fingerprint density at radius 1 is 1.04 bits per heavy atom. The summed E-state index contributed by atoms with van der Waals surface area (Å²) in [6.45, 7) is 3.32. The number of carbonyl (C=O) groups is 1. The maximum Gasteiger partial charge on any atom is 0.251 e. The molecule has 0 unspecified atom stereocenters. The molecule has 0 saturated heterocycles. The van der Waals surface area contributed by atoms with Crippen LogP contribution < -0.4 is 16.0 Å². The smallest absolute Gasteiger partial charge is 0.251 e. The van der Waals surface area contributed by atoms with Crippen molar-refractivity contribution in [1.29, 1.82) is 0 Å². The molecule has 0 aliphatic heterocycles. The van der Waals surface area contributed by atoms with E-state index in [2.05, 4.69) is 20.9 Å². The molecule has 0 aliphatic rings. The van der Waals surface area contributed by atoms with E-state index in [9.17, 15) is 4.79 Å². The number of nitrogens with zero attached hydrogens (tertiary/aromatic N) is 1. The molecule has 2 aromatic carbocycles. The number of rotatable bonds is 6. The Balaban J connectivity index is 1.84. The average Bonchev–Trinajstić information content (AvgIpc) is 2.62. The Morgan fingerprint density at radius 3 is 2.72 bits per heavy atom. The number of fused-ring (bicyclic) bond motifs is 1. The number of para-hydroxylation sites is 1. The van der Waals surface area contributed by atoms with Crippen LogP contribution in [0.1, 0.15) is 16.1 Å². The van der Waals surface area contributed by atoms with Gasteiger partial charge in [0.1, 0.15) is 0 Å². The zero-order valence-corrected chi connectivity index (χ0v) is 14.5. The van der Waals surface area contributed by atoms with Gasteiger partial charge in [-0.1, -0.05) is 24.3 Å². The molecule has 3 aromatic rings. The zero-order valence-electron chi connectivity index (χ0n) is 14.5. The van der Waals surface area contributed by atoms with Crippen LogP contribution in [0.2, 0.25) is 0 Å². The van der Waals surface area contributed by atoms with Crippen molar-refractivity contribution in [2.75, 3.05) is 25.5 Å². The van der Waals surface area contributed by atoms with E-state index in [0.29, 0.717) is 12.1 Å². The summed E-state index contributed by atoms with van der Waals surface area (Å²) in [6.07, 6.45) is 0. The normalized spacial score (nSPS) is 10.6. The lowest BCUT2D eigenvalue weighted by Crippen LogP contribution is -2.30.